The maximum absolute atomic E-state index is 10.8. The van der Waals surface area contributed by atoms with E-state index in [1.54, 1.807) is 6.92 Å². The summed E-state index contributed by atoms with van der Waals surface area (Å²) in [5.74, 6) is -0.754. The molecule has 0 aliphatic heterocycles. The predicted octanol–water partition coefficient (Wildman–Crippen LogP) is 1.04. The van der Waals surface area contributed by atoms with Gasteiger partial charge in [0.25, 0.3) is 5.69 Å². The van der Waals surface area contributed by atoms with Gasteiger partial charge in [-0.05, 0) is 12.6 Å². The van der Waals surface area contributed by atoms with Crippen molar-refractivity contribution in [3.63, 3.8) is 0 Å². The number of likely N-dealkylation sites (N-methyl/N-ethyl adjacent to an activating group) is 1. The Balaban J connectivity index is 2.64. The number of rotatable bonds is 7. The third-order valence-electron chi connectivity index (χ3n) is 2.19. The minimum Gasteiger partial charge on any atom is -0.491 e. The van der Waals surface area contributed by atoms with Crippen LogP contribution >= 0.6 is 0 Å². The minimum absolute atomic E-state index is 0.0929. The quantitative estimate of drug-likeness (QED) is 0.556. The van der Waals surface area contributed by atoms with Gasteiger partial charge in [-0.1, -0.05) is 13.0 Å². The number of nitrogens with zero attached hydrogens (tertiary/aromatic N) is 1. The number of hydrogen-bond donors (Lipinski definition) is 2. The predicted molar refractivity (Wildman–Crippen MR) is 63.7 cm³/mol. The summed E-state index contributed by atoms with van der Waals surface area (Å²) in [6, 6.07) is 4.78. The molecule has 98 valence electrons. The summed E-state index contributed by atoms with van der Waals surface area (Å²) in [7, 11) is 0. The zero-order valence-corrected chi connectivity index (χ0v) is 9.83. The Bertz CT molecular complexity index is 435. The van der Waals surface area contributed by atoms with Crippen LogP contribution in [0.5, 0.6) is 5.75 Å². The summed E-state index contributed by atoms with van der Waals surface area (Å²) in [6.45, 7) is 2.18. The van der Waals surface area contributed by atoms with E-state index in [2.05, 4.69) is 5.32 Å². The van der Waals surface area contributed by atoms with E-state index in [9.17, 15) is 14.9 Å². The van der Waals surface area contributed by atoms with E-state index in [0.717, 1.165) is 0 Å². The van der Waals surface area contributed by atoms with E-state index in [-0.39, 0.29) is 18.0 Å². The highest BCUT2D eigenvalue weighted by Gasteiger charge is 2.17. The molecule has 0 amide bonds. The van der Waals surface area contributed by atoms with Gasteiger partial charge in [-0.2, -0.15) is 0 Å². The summed E-state index contributed by atoms with van der Waals surface area (Å²) in [5, 5.41) is 22.2. The first-order valence-corrected chi connectivity index (χ1v) is 5.38. The Hall–Kier alpha value is -2.15. The van der Waals surface area contributed by atoms with Crippen LogP contribution in [0.3, 0.4) is 0 Å². The third-order valence-corrected chi connectivity index (χ3v) is 2.19. The summed E-state index contributed by atoms with van der Waals surface area (Å²) < 4.78 is 5.23. The highest BCUT2D eigenvalue weighted by molar-refractivity contribution is 5.73. The van der Waals surface area contributed by atoms with Crippen LogP contribution in [0, 0.1) is 10.1 Å². The maximum atomic E-state index is 10.8. The van der Waals surface area contributed by atoms with Crippen molar-refractivity contribution in [3.8, 4) is 5.75 Å². The van der Waals surface area contributed by atoms with Gasteiger partial charge in [-0.3, -0.25) is 14.9 Å². The zero-order valence-electron chi connectivity index (χ0n) is 9.83. The highest BCUT2D eigenvalue weighted by Crippen LogP contribution is 2.19. The maximum Gasteiger partial charge on any atom is 0.324 e. The normalized spacial score (nSPS) is 11.8. The second kappa shape index (κ2) is 6.55. The summed E-state index contributed by atoms with van der Waals surface area (Å²) in [5.41, 5.74) is -0.0946. The Labute approximate surface area is 104 Å². The largest absolute Gasteiger partial charge is 0.491 e. The Morgan fingerprint density at radius 1 is 1.61 bits per heavy atom. The molecule has 0 fully saturated rings. The molecule has 1 atom stereocenters. The second-order valence-electron chi connectivity index (χ2n) is 3.51. The number of non-ortho nitro benzene ring substituents is 1. The minimum atomic E-state index is -1.03. The van der Waals surface area contributed by atoms with E-state index in [4.69, 9.17) is 9.84 Å². The van der Waals surface area contributed by atoms with Crippen molar-refractivity contribution < 1.29 is 19.6 Å². The SMILES string of the molecule is CCNC(COc1cccc([N+](=O)[O-])c1)C(=O)O. The van der Waals surface area contributed by atoms with Crippen molar-refractivity contribution in [3.05, 3.63) is 34.4 Å². The fourth-order valence-corrected chi connectivity index (χ4v) is 1.33. The molecule has 0 aromatic heterocycles. The summed E-state index contributed by atoms with van der Waals surface area (Å²) in [6.07, 6.45) is 0. The first-order valence-electron chi connectivity index (χ1n) is 5.38. The number of benzene rings is 1. The molecule has 0 aliphatic rings. The topological polar surface area (TPSA) is 102 Å². The van der Waals surface area contributed by atoms with Crippen molar-refractivity contribution in [2.24, 2.45) is 0 Å². The molecule has 0 saturated carbocycles. The van der Waals surface area contributed by atoms with Crippen molar-refractivity contribution in [1.82, 2.24) is 5.32 Å². The molecular formula is C11H14N2O5. The van der Waals surface area contributed by atoms with Gasteiger partial charge in [-0.15, -0.1) is 0 Å². The highest BCUT2D eigenvalue weighted by atomic mass is 16.6. The van der Waals surface area contributed by atoms with Crippen molar-refractivity contribution in [1.29, 1.82) is 0 Å². The molecule has 7 nitrogen and oxygen atoms in total. The molecule has 1 unspecified atom stereocenters. The van der Waals surface area contributed by atoms with Crippen LogP contribution < -0.4 is 10.1 Å². The average molecular weight is 254 g/mol. The van der Waals surface area contributed by atoms with Crippen LogP contribution in [0.1, 0.15) is 6.92 Å². The number of nitro groups is 1. The number of carbonyl (C=O) groups is 1. The van der Waals surface area contributed by atoms with Crippen molar-refractivity contribution >= 4 is 11.7 Å². The first-order chi connectivity index (χ1) is 8.54. The van der Waals surface area contributed by atoms with Crippen molar-refractivity contribution in [2.75, 3.05) is 13.2 Å². The number of aliphatic carboxylic acids is 1. The van der Waals surface area contributed by atoms with Gasteiger partial charge in [0.05, 0.1) is 11.0 Å². The van der Waals surface area contributed by atoms with E-state index < -0.39 is 16.9 Å². The molecule has 7 heteroatoms. The third kappa shape index (κ3) is 4.02. The summed E-state index contributed by atoms with van der Waals surface area (Å²) >= 11 is 0. The lowest BCUT2D eigenvalue weighted by molar-refractivity contribution is -0.384. The van der Waals surface area contributed by atoms with E-state index >= 15 is 0 Å². The van der Waals surface area contributed by atoms with Crippen LogP contribution in [-0.2, 0) is 4.79 Å². The molecule has 0 radical (unpaired) electrons. The molecule has 1 aromatic carbocycles. The van der Waals surface area contributed by atoms with Crippen molar-refractivity contribution in [2.45, 2.75) is 13.0 Å². The van der Waals surface area contributed by atoms with Crippen LogP contribution in [-0.4, -0.2) is 35.2 Å². The first kappa shape index (κ1) is 13.9. The van der Waals surface area contributed by atoms with Gasteiger partial charge in [0.15, 0.2) is 0 Å². The fraction of sp³-hybridized carbons (Fsp3) is 0.364. The van der Waals surface area contributed by atoms with Gasteiger partial charge in [0.2, 0.25) is 0 Å². The molecule has 18 heavy (non-hydrogen) atoms. The molecule has 0 bridgehead atoms. The molecule has 0 heterocycles. The van der Waals surface area contributed by atoms with E-state index in [0.29, 0.717) is 6.54 Å². The number of ether oxygens (including phenoxy) is 1. The van der Waals surface area contributed by atoms with Gasteiger partial charge < -0.3 is 15.2 Å². The van der Waals surface area contributed by atoms with Gasteiger partial charge in [0.1, 0.15) is 18.4 Å². The number of carboxylic acid groups (broad SMARTS) is 1. The van der Waals surface area contributed by atoms with Crippen LogP contribution in [0.15, 0.2) is 24.3 Å². The molecule has 1 aromatic rings. The van der Waals surface area contributed by atoms with E-state index in [1.165, 1.54) is 24.3 Å². The van der Waals surface area contributed by atoms with Crippen LogP contribution in [0.25, 0.3) is 0 Å². The Morgan fingerprint density at radius 2 is 2.33 bits per heavy atom. The number of hydrogen-bond acceptors (Lipinski definition) is 5. The zero-order chi connectivity index (χ0) is 13.5. The molecule has 2 N–H and O–H groups in total. The lowest BCUT2D eigenvalue weighted by atomic mass is 10.3. The molecule has 0 aliphatic carbocycles. The van der Waals surface area contributed by atoms with Gasteiger partial charge >= 0.3 is 5.97 Å². The van der Waals surface area contributed by atoms with Gasteiger partial charge in [-0.25, -0.2) is 0 Å². The Morgan fingerprint density at radius 3 is 2.89 bits per heavy atom. The number of nitrogens with one attached hydrogen (secondary N) is 1. The number of nitro benzene ring substituents is 1. The van der Waals surface area contributed by atoms with Crippen LogP contribution in [0.4, 0.5) is 5.69 Å². The monoisotopic (exact) mass is 254 g/mol. The lowest BCUT2D eigenvalue weighted by Crippen LogP contribution is -2.41. The average Bonchev–Trinajstić information content (AvgIpc) is 2.34. The van der Waals surface area contributed by atoms with E-state index in [1.807, 2.05) is 0 Å². The smallest absolute Gasteiger partial charge is 0.324 e. The lowest BCUT2D eigenvalue weighted by Gasteiger charge is -2.14. The fourth-order valence-electron chi connectivity index (χ4n) is 1.33. The Kier molecular flexibility index (Phi) is 5.06. The van der Waals surface area contributed by atoms with Crippen LogP contribution in [0.2, 0.25) is 0 Å². The number of carboxylic acids is 1. The molecule has 0 saturated heterocycles. The molecular weight excluding hydrogens is 240 g/mol. The standard InChI is InChI=1S/C11H14N2O5/c1-2-12-10(11(14)15)7-18-9-5-3-4-8(6-9)13(16)17/h3-6,10,12H,2,7H2,1H3,(H,14,15). The molecule has 0 spiro atoms. The molecule has 1 rings (SSSR count). The second-order valence-corrected chi connectivity index (χ2v) is 3.51. The van der Waals surface area contributed by atoms with Gasteiger partial charge in [0, 0.05) is 6.07 Å². The summed E-state index contributed by atoms with van der Waals surface area (Å²) in [4.78, 5) is 20.8.